The van der Waals surface area contributed by atoms with Crippen LogP contribution in [0.2, 0.25) is 5.02 Å². The average molecular weight is 219 g/mol. The Hall–Kier alpha value is -1.54. The zero-order valence-corrected chi connectivity index (χ0v) is 7.55. The molecule has 1 aromatic rings. The smallest absolute Gasteiger partial charge is 0.387 e. The van der Waals surface area contributed by atoms with Crippen molar-refractivity contribution in [3.63, 3.8) is 0 Å². The van der Waals surface area contributed by atoms with Crippen LogP contribution in [-0.2, 0) is 0 Å². The van der Waals surface area contributed by atoms with Crippen LogP contribution in [0.1, 0.15) is 5.56 Å². The number of alkyl halides is 2. The lowest BCUT2D eigenvalue weighted by molar-refractivity contribution is -0.0497. The number of nitrogen functional groups attached to an aromatic ring is 1. The van der Waals surface area contributed by atoms with E-state index in [1.54, 1.807) is 6.07 Å². The molecule has 0 saturated heterocycles. The van der Waals surface area contributed by atoms with E-state index in [2.05, 4.69) is 4.74 Å². The second kappa shape index (κ2) is 4.11. The molecule has 74 valence electrons. The van der Waals surface area contributed by atoms with E-state index in [0.717, 1.165) is 12.1 Å². The first-order valence-corrected chi connectivity index (χ1v) is 3.86. The lowest BCUT2D eigenvalue weighted by Crippen LogP contribution is -2.03. The second-order valence-electron chi connectivity index (χ2n) is 2.36. The van der Waals surface area contributed by atoms with Crippen LogP contribution in [0.4, 0.5) is 14.5 Å². The van der Waals surface area contributed by atoms with Crippen LogP contribution in [0.5, 0.6) is 5.75 Å². The number of halogens is 3. The number of hydrogen-bond acceptors (Lipinski definition) is 3. The topological polar surface area (TPSA) is 59.0 Å². The molecule has 2 N–H and O–H groups in total. The zero-order valence-electron chi connectivity index (χ0n) is 6.80. The molecule has 0 unspecified atom stereocenters. The number of hydrogen-bond donors (Lipinski definition) is 1. The summed E-state index contributed by atoms with van der Waals surface area (Å²) in [6.07, 6.45) is 0. The fraction of sp³-hybridized carbons (Fsp3) is 0.125. The molecule has 14 heavy (non-hydrogen) atoms. The second-order valence-corrected chi connectivity index (χ2v) is 2.77. The van der Waals surface area contributed by atoms with Crippen LogP contribution in [0.25, 0.3) is 0 Å². The quantitative estimate of drug-likeness (QED) is 0.776. The molecular formula is C8H5ClF2N2O. The molecule has 0 spiro atoms. The Labute approximate surface area is 83.6 Å². The number of rotatable bonds is 2. The number of anilines is 1. The third-order valence-corrected chi connectivity index (χ3v) is 1.73. The third kappa shape index (κ3) is 2.24. The molecule has 1 rings (SSSR count). The number of nitrogens with two attached hydrogens (primary N) is 1. The summed E-state index contributed by atoms with van der Waals surface area (Å²) in [4.78, 5) is 0. The van der Waals surface area contributed by atoms with Crippen molar-refractivity contribution in [2.45, 2.75) is 6.61 Å². The van der Waals surface area contributed by atoms with E-state index in [9.17, 15) is 8.78 Å². The molecule has 0 aliphatic carbocycles. The molecule has 0 bridgehead atoms. The summed E-state index contributed by atoms with van der Waals surface area (Å²) in [5.41, 5.74) is 5.44. The van der Waals surface area contributed by atoms with Gasteiger partial charge < -0.3 is 10.5 Å². The molecule has 0 aliphatic rings. The number of nitrogens with zero attached hydrogens (tertiary/aromatic N) is 1. The summed E-state index contributed by atoms with van der Waals surface area (Å²) in [5, 5.41) is 8.56. The highest BCUT2D eigenvalue weighted by Gasteiger charge is 2.10. The number of nitriles is 1. The lowest BCUT2D eigenvalue weighted by atomic mass is 10.2. The van der Waals surface area contributed by atoms with Crippen molar-refractivity contribution in [2.75, 3.05) is 5.73 Å². The molecule has 1 aromatic carbocycles. The van der Waals surface area contributed by atoms with Crippen molar-refractivity contribution >= 4 is 17.3 Å². The van der Waals surface area contributed by atoms with Gasteiger partial charge in [0.15, 0.2) is 0 Å². The Bertz CT molecular complexity index is 366. The van der Waals surface area contributed by atoms with Crippen molar-refractivity contribution in [3.8, 4) is 11.8 Å². The van der Waals surface area contributed by atoms with E-state index < -0.39 is 6.61 Å². The molecule has 3 nitrogen and oxygen atoms in total. The first kappa shape index (κ1) is 10.5. The van der Waals surface area contributed by atoms with E-state index in [1.165, 1.54) is 0 Å². The summed E-state index contributed by atoms with van der Waals surface area (Å²) in [5.74, 6) is -0.165. The van der Waals surface area contributed by atoms with E-state index in [4.69, 9.17) is 22.6 Å². The van der Waals surface area contributed by atoms with E-state index in [1.807, 2.05) is 0 Å². The van der Waals surface area contributed by atoms with Crippen LogP contribution in [0.3, 0.4) is 0 Å². The monoisotopic (exact) mass is 218 g/mol. The van der Waals surface area contributed by atoms with Crippen LogP contribution in [0, 0.1) is 11.3 Å². The predicted octanol–water partition coefficient (Wildman–Crippen LogP) is 2.40. The molecule has 0 amide bonds. The van der Waals surface area contributed by atoms with Gasteiger partial charge in [0, 0.05) is 12.1 Å². The molecular weight excluding hydrogens is 214 g/mol. The molecule has 0 aromatic heterocycles. The minimum Gasteiger partial charge on any atom is -0.435 e. The third-order valence-electron chi connectivity index (χ3n) is 1.43. The minimum atomic E-state index is -2.95. The van der Waals surface area contributed by atoms with Gasteiger partial charge in [0.25, 0.3) is 0 Å². The maximum absolute atomic E-state index is 11.8. The summed E-state index contributed by atoms with van der Waals surface area (Å²) in [6, 6.07) is 3.98. The Kier molecular flexibility index (Phi) is 3.10. The lowest BCUT2D eigenvalue weighted by Gasteiger charge is -2.07. The maximum Gasteiger partial charge on any atom is 0.387 e. The molecule has 0 radical (unpaired) electrons. The van der Waals surface area contributed by atoms with E-state index in [0.29, 0.717) is 0 Å². The minimum absolute atomic E-state index is 0.00986. The van der Waals surface area contributed by atoms with E-state index in [-0.39, 0.29) is 22.0 Å². The normalized spacial score (nSPS) is 9.93. The summed E-state index contributed by atoms with van der Waals surface area (Å²) < 4.78 is 27.7. The van der Waals surface area contributed by atoms with Gasteiger partial charge in [-0.2, -0.15) is 14.0 Å². The van der Waals surface area contributed by atoms with Crippen molar-refractivity contribution in [1.29, 1.82) is 5.26 Å². The van der Waals surface area contributed by atoms with Crippen LogP contribution in [-0.4, -0.2) is 6.61 Å². The first-order valence-electron chi connectivity index (χ1n) is 3.48. The fourth-order valence-corrected chi connectivity index (χ4v) is 1.15. The van der Waals surface area contributed by atoms with Crippen LogP contribution < -0.4 is 10.5 Å². The average Bonchev–Trinajstić information content (AvgIpc) is 2.01. The standard InChI is InChI=1S/C8H5ClF2N2O/c9-6-1-4(14-8(10)11)2-7(13)5(6)3-12/h1-2,8H,13H2. The van der Waals surface area contributed by atoms with Crippen molar-refractivity contribution in [2.24, 2.45) is 0 Å². The highest BCUT2D eigenvalue weighted by Crippen LogP contribution is 2.28. The Morgan fingerprint density at radius 3 is 2.57 bits per heavy atom. The first-order chi connectivity index (χ1) is 6.54. The van der Waals surface area contributed by atoms with Gasteiger partial charge >= 0.3 is 6.61 Å². The molecule has 6 heteroatoms. The van der Waals surface area contributed by atoms with Gasteiger partial charge in [-0.15, -0.1) is 0 Å². The summed E-state index contributed by atoms with van der Waals surface area (Å²) in [6.45, 7) is -2.95. The Balaban J connectivity index is 3.09. The predicted molar refractivity (Wildman–Crippen MR) is 47.2 cm³/mol. The molecule has 0 heterocycles. The van der Waals surface area contributed by atoms with Gasteiger partial charge in [-0.25, -0.2) is 0 Å². The molecule has 0 atom stereocenters. The van der Waals surface area contributed by atoms with Gasteiger partial charge in [-0.3, -0.25) is 0 Å². The molecule has 0 fully saturated rings. The van der Waals surface area contributed by atoms with E-state index >= 15 is 0 Å². The van der Waals surface area contributed by atoms with Crippen LogP contribution >= 0.6 is 11.6 Å². The SMILES string of the molecule is N#Cc1c(N)cc(OC(F)F)cc1Cl. The molecule has 0 saturated carbocycles. The van der Waals surface area contributed by atoms with Gasteiger partial charge in [0.05, 0.1) is 16.3 Å². The fourth-order valence-electron chi connectivity index (χ4n) is 0.891. The number of benzene rings is 1. The number of ether oxygens (including phenoxy) is 1. The highest BCUT2D eigenvalue weighted by atomic mass is 35.5. The summed E-state index contributed by atoms with van der Waals surface area (Å²) in [7, 11) is 0. The van der Waals surface area contributed by atoms with Gasteiger partial charge in [-0.1, -0.05) is 11.6 Å². The summed E-state index contributed by atoms with van der Waals surface area (Å²) >= 11 is 5.59. The zero-order chi connectivity index (χ0) is 10.7. The van der Waals surface area contributed by atoms with Gasteiger partial charge in [-0.05, 0) is 0 Å². The van der Waals surface area contributed by atoms with Gasteiger partial charge in [0.2, 0.25) is 0 Å². The van der Waals surface area contributed by atoms with Crippen LogP contribution in [0.15, 0.2) is 12.1 Å². The Morgan fingerprint density at radius 2 is 2.14 bits per heavy atom. The molecule has 0 aliphatic heterocycles. The van der Waals surface area contributed by atoms with Crippen molar-refractivity contribution < 1.29 is 13.5 Å². The highest BCUT2D eigenvalue weighted by molar-refractivity contribution is 6.32. The van der Waals surface area contributed by atoms with Crippen molar-refractivity contribution in [3.05, 3.63) is 22.7 Å². The Morgan fingerprint density at radius 1 is 1.50 bits per heavy atom. The maximum atomic E-state index is 11.8. The largest absolute Gasteiger partial charge is 0.435 e. The van der Waals surface area contributed by atoms with Gasteiger partial charge in [0.1, 0.15) is 11.8 Å². The van der Waals surface area contributed by atoms with Crippen molar-refractivity contribution in [1.82, 2.24) is 0 Å².